The van der Waals surface area contributed by atoms with Crippen LogP contribution < -0.4 is 19.9 Å². The zero-order chi connectivity index (χ0) is 33.6. The number of aryl methyl sites for hydroxylation is 1. The van der Waals surface area contributed by atoms with Crippen LogP contribution in [-0.4, -0.2) is 67.7 Å². The van der Waals surface area contributed by atoms with Crippen LogP contribution in [0, 0.1) is 0 Å². The van der Waals surface area contributed by atoms with E-state index in [1.54, 1.807) is 41.7 Å². The van der Waals surface area contributed by atoms with E-state index in [4.69, 9.17) is 4.74 Å². The van der Waals surface area contributed by atoms with Crippen molar-refractivity contribution in [3.63, 3.8) is 0 Å². The fraction of sp³-hybridized carbons (Fsp3) is 0.250. The third kappa shape index (κ3) is 7.48. The van der Waals surface area contributed by atoms with Gasteiger partial charge in [0.1, 0.15) is 18.1 Å². The molecule has 49 heavy (non-hydrogen) atoms. The summed E-state index contributed by atoms with van der Waals surface area (Å²) in [7, 11) is 0. The van der Waals surface area contributed by atoms with Crippen molar-refractivity contribution < 1.29 is 19.4 Å². The molecule has 9 heteroatoms. The summed E-state index contributed by atoms with van der Waals surface area (Å²) < 4.78 is 6.41. The van der Waals surface area contributed by atoms with Crippen molar-refractivity contribution in [1.82, 2.24) is 4.90 Å². The Morgan fingerprint density at radius 3 is 2.41 bits per heavy atom. The molecule has 2 aliphatic heterocycles. The molecular weight excluding hydrogens is 633 g/mol. The van der Waals surface area contributed by atoms with Gasteiger partial charge >= 0.3 is 0 Å². The van der Waals surface area contributed by atoms with E-state index in [9.17, 15) is 14.7 Å². The van der Waals surface area contributed by atoms with Gasteiger partial charge in [0.15, 0.2) is 0 Å². The Morgan fingerprint density at radius 2 is 1.59 bits per heavy atom. The van der Waals surface area contributed by atoms with Crippen molar-refractivity contribution in [2.24, 2.45) is 0 Å². The topological polar surface area (TPSA) is 85.4 Å². The first-order valence-electron chi connectivity index (χ1n) is 16.9. The molecule has 3 heterocycles. The number of hydrogen-bond donors (Lipinski definition) is 2. The lowest BCUT2D eigenvalue weighted by atomic mass is 9.99. The number of amides is 2. The average molecular weight is 673 g/mol. The molecule has 0 aliphatic carbocycles. The first-order chi connectivity index (χ1) is 24.0. The van der Waals surface area contributed by atoms with E-state index < -0.39 is 0 Å². The second-order valence-electron chi connectivity index (χ2n) is 12.4. The first kappa shape index (κ1) is 32.4. The van der Waals surface area contributed by atoms with E-state index in [2.05, 4.69) is 20.5 Å². The van der Waals surface area contributed by atoms with Gasteiger partial charge in [-0.05, 0) is 90.4 Å². The third-order valence-electron chi connectivity index (χ3n) is 9.28. The molecule has 1 fully saturated rings. The van der Waals surface area contributed by atoms with Crippen LogP contribution in [0.4, 0.5) is 17.1 Å². The van der Waals surface area contributed by atoms with Crippen LogP contribution in [0.15, 0.2) is 109 Å². The van der Waals surface area contributed by atoms with Gasteiger partial charge in [0, 0.05) is 61.0 Å². The summed E-state index contributed by atoms with van der Waals surface area (Å²) in [5.74, 6) is 0.427. The summed E-state index contributed by atoms with van der Waals surface area (Å²) in [4.78, 5) is 35.6. The minimum absolute atomic E-state index is 0.0657. The molecule has 8 nitrogen and oxygen atoms in total. The summed E-state index contributed by atoms with van der Waals surface area (Å²) in [5, 5.41) is 14.8. The number of benzene rings is 4. The highest BCUT2D eigenvalue weighted by atomic mass is 32.1. The first-order valence-corrected chi connectivity index (χ1v) is 17.8. The Morgan fingerprint density at radius 1 is 0.816 bits per heavy atom. The highest BCUT2D eigenvalue weighted by Crippen LogP contribution is 2.34. The van der Waals surface area contributed by atoms with Crippen LogP contribution in [0.1, 0.15) is 38.4 Å². The lowest BCUT2D eigenvalue weighted by molar-refractivity contribution is 0.0985. The molecule has 0 atom stereocenters. The molecular formula is C40H40N4O4S. The summed E-state index contributed by atoms with van der Waals surface area (Å²) in [6.45, 7) is 5.27. The van der Waals surface area contributed by atoms with Crippen molar-refractivity contribution >= 4 is 40.2 Å². The minimum atomic E-state index is -0.246. The normalized spacial score (nSPS) is 14.9. The molecule has 0 bridgehead atoms. The Bertz CT molecular complexity index is 1900. The maximum absolute atomic E-state index is 14.0. The van der Waals surface area contributed by atoms with Crippen LogP contribution >= 0.6 is 11.3 Å². The molecule has 0 radical (unpaired) electrons. The molecule has 7 rings (SSSR count). The van der Waals surface area contributed by atoms with Gasteiger partial charge < -0.3 is 25.0 Å². The number of rotatable bonds is 9. The van der Waals surface area contributed by atoms with E-state index >= 15 is 0 Å². The zero-order valence-corrected chi connectivity index (χ0v) is 28.2. The molecule has 2 amide bonds. The van der Waals surface area contributed by atoms with Crippen LogP contribution in [0.25, 0.3) is 11.1 Å². The molecule has 0 unspecified atom stereocenters. The molecule has 250 valence electrons. The van der Waals surface area contributed by atoms with E-state index in [0.29, 0.717) is 42.3 Å². The number of aromatic hydroxyl groups is 1. The molecule has 5 aromatic rings. The van der Waals surface area contributed by atoms with Gasteiger partial charge in [-0.15, -0.1) is 11.3 Å². The number of fused-ring (bicyclic) bond motifs is 1. The van der Waals surface area contributed by atoms with Gasteiger partial charge in [-0.25, -0.2) is 0 Å². The number of phenols is 1. The molecule has 2 aliphatic rings. The number of thiophene rings is 1. The summed E-state index contributed by atoms with van der Waals surface area (Å²) in [6, 6.07) is 32.2. The van der Waals surface area contributed by atoms with E-state index in [-0.39, 0.29) is 17.6 Å². The summed E-state index contributed by atoms with van der Waals surface area (Å²) >= 11 is 1.70. The van der Waals surface area contributed by atoms with Crippen LogP contribution in [0.5, 0.6) is 11.5 Å². The Kier molecular flexibility index (Phi) is 9.91. The minimum Gasteiger partial charge on any atom is -0.508 e. The van der Waals surface area contributed by atoms with E-state index in [1.807, 2.05) is 77.7 Å². The van der Waals surface area contributed by atoms with E-state index in [1.165, 1.54) is 4.88 Å². The van der Waals surface area contributed by atoms with Gasteiger partial charge in [0.05, 0.1) is 11.4 Å². The molecule has 0 spiro atoms. The second kappa shape index (κ2) is 15.0. The number of carbonyl (C=O) groups excluding carboxylic acids is 2. The number of nitrogens with zero attached hydrogens (tertiary/aromatic N) is 3. The Hall–Kier alpha value is -5.12. The Balaban J connectivity index is 1.09. The van der Waals surface area contributed by atoms with Crippen molar-refractivity contribution in [2.45, 2.75) is 19.3 Å². The van der Waals surface area contributed by atoms with Gasteiger partial charge in [0.25, 0.3) is 11.8 Å². The van der Waals surface area contributed by atoms with Gasteiger partial charge in [-0.2, -0.15) is 0 Å². The highest BCUT2D eigenvalue weighted by molar-refractivity contribution is 7.10. The lowest BCUT2D eigenvalue weighted by Gasteiger charge is -2.36. The fourth-order valence-corrected chi connectivity index (χ4v) is 7.52. The predicted molar refractivity (Wildman–Crippen MR) is 197 cm³/mol. The number of carbonyl (C=O) groups is 2. The van der Waals surface area contributed by atoms with Crippen molar-refractivity contribution in [3.05, 3.63) is 125 Å². The van der Waals surface area contributed by atoms with Crippen molar-refractivity contribution in [2.75, 3.05) is 61.0 Å². The highest BCUT2D eigenvalue weighted by Gasteiger charge is 2.25. The number of anilines is 3. The Labute approximate surface area is 291 Å². The monoisotopic (exact) mass is 672 g/mol. The molecule has 4 aromatic carbocycles. The SMILES string of the molecule is O=C(Nc1ccc(C(=O)N2CCCCc3sccc32)cc1OCCN1CCN(c2ccc(O)cc2)CC1)c1ccccc1-c1ccccc1. The fourth-order valence-electron chi connectivity index (χ4n) is 6.60. The number of ether oxygens (including phenoxy) is 1. The maximum atomic E-state index is 14.0. The lowest BCUT2D eigenvalue weighted by Crippen LogP contribution is -2.47. The van der Waals surface area contributed by atoms with Crippen LogP contribution in [-0.2, 0) is 6.42 Å². The zero-order valence-electron chi connectivity index (χ0n) is 27.4. The standard InChI is InChI=1S/C40H40N4O4S/c45-32-16-14-31(15-17-32)43-23-21-42(22-24-43)25-26-48-37-28-30(40(47)44-20-7-6-12-38-36(44)19-27-49-38)13-18-35(37)41-39(46)34-11-5-4-10-33(34)29-8-2-1-3-9-29/h1-5,8-11,13-19,27-28,45H,6-7,12,20-26H2,(H,41,46). The largest absolute Gasteiger partial charge is 0.508 e. The molecule has 0 saturated carbocycles. The predicted octanol–water partition coefficient (Wildman–Crippen LogP) is 7.56. The average Bonchev–Trinajstić information content (AvgIpc) is 3.51. The van der Waals surface area contributed by atoms with Crippen molar-refractivity contribution in [3.8, 4) is 22.6 Å². The number of piperazine rings is 1. The second-order valence-corrected chi connectivity index (χ2v) is 13.4. The molecule has 1 saturated heterocycles. The summed E-state index contributed by atoms with van der Waals surface area (Å²) in [5.41, 5.74) is 5.50. The number of nitrogens with one attached hydrogen (secondary N) is 1. The van der Waals surface area contributed by atoms with Crippen LogP contribution in [0.2, 0.25) is 0 Å². The van der Waals surface area contributed by atoms with Crippen LogP contribution in [0.3, 0.4) is 0 Å². The molecule has 1 aromatic heterocycles. The molecule has 2 N–H and O–H groups in total. The third-order valence-corrected chi connectivity index (χ3v) is 10.2. The van der Waals surface area contributed by atoms with Gasteiger partial charge in [-0.1, -0.05) is 48.5 Å². The maximum Gasteiger partial charge on any atom is 0.258 e. The van der Waals surface area contributed by atoms with Crippen molar-refractivity contribution in [1.29, 1.82) is 0 Å². The smallest absolute Gasteiger partial charge is 0.258 e. The van der Waals surface area contributed by atoms with E-state index in [0.717, 1.165) is 67.9 Å². The summed E-state index contributed by atoms with van der Waals surface area (Å²) in [6.07, 6.45) is 3.00. The number of hydrogen-bond acceptors (Lipinski definition) is 7. The van der Waals surface area contributed by atoms with Gasteiger partial charge in [0.2, 0.25) is 0 Å². The van der Waals surface area contributed by atoms with Gasteiger partial charge in [-0.3, -0.25) is 14.5 Å². The quantitative estimate of drug-likeness (QED) is 0.168. The number of phenolic OH excluding ortho intramolecular Hbond substituents is 1.